The van der Waals surface area contributed by atoms with Crippen LogP contribution < -0.4 is 5.32 Å². The summed E-state index contributed by atoms with van der Waals surface area (Å²) in [6.07, 6.45) is 7.88. The van der Waals surface area contributed by atoms with Gasteiger partial charge in [-0.05, 0) is 31.7 Å². The van der Waals surface area contributed by atoms with E-state index in [1.165, 1.54) is 31.2 Å². The predicted molar refractivity (Wildman–Crippen MR) is 71.7 cm³/mol. The summed E-state index contributed by atoms with van der Waals surface area (Å²) in [5, 5.41) is 3.56. The Kier molecular flexibility index (Phi) is 3.10. The second-order valence-corrected chi connectivity index (χ2v) is 6.18. The molecular formula is C15H22N2O2. The number of ether oxygens (including phenoxy) is 1. The van der Waals surface area contributed by atoms with E-state index < -0.39 is 0 Å². The number of likely N-dealkylation sites (tertiary alicyclic amines) is 1. The van der Waals surface area contributed by atoms with Crippen LogP contribution >= 0.6 is 0 Å². The van der Waals surface area contributed by atoms with E-state index in [1.54, 1.807) is 0 Å². The van der Waals surface area contributed by atoms with Gasteiger partial charge in [0, 0.05) is 31.2 Å². The van der Waals surface area contributed by atoms with Crippen molar-refractivity contribution in [2.75, 3.05) is 13.1 Å². The van der Waals surface area contributed by atoms with Crippen LogP contribution in [-0.2, 0) is 17.8 Å². The Bertz CT molecular complexity index is 429. The first-order chi connectivity index (χ1) is 9.37. The summed E-state index contributed by atoms with van der Waals surface area (Å²) in [7, 11) is 0. The van der Waals surface area contributed by atoms with Gasteiger partial charge < -0.3 is 14.5 Å². The third kappa shape index (κ3) is 2.71. The van der Waals surface area contributed by atoms with E-state index in [1.807, 2.05) is 6.26 Å². The molecule has 0 amide bonds. The van der Waals surface area contributed by atoms with Crippen molar-refractivity contribution in [2.45, 2.75) is 57.0 Å². The third-order valence-electron chi connectivity index (χ3n) is 4.48. The van der Waals surface area contributed by atoms with Gasteiger partial charge in [0.25, 0.3) is 0 Å². The zero-order chi connectivity index (χ0) is 12.7. The molecule has 104 valence electrons. The Labute approximate surface area is 114 Å². The summed E-state index contributed by atoms with van der Waals surface area (Å²) >= 11 is 0. The van der Waals surface area contributed by atoms with Gasteiger partial charge in [-0.15, -0.1) is 0 Å². The Morgan fingerprint density at radius 2 is 1.95 bits per heavy atom. The fraction of sp³-hybridized carbons (Fsp3) is 0.733. The number of nitrogens with one attached hydrogen (secondary N) is 1. The number of rotatable bonds is 5. The zero-order valence-corrected chi connectivity index (χ0v) is 11.3. The molecule has 0 radical (unpaired) electrons. The number of furan rings is 1. The highest BCUT2D eigenvalue weighted by molar-refractivity contribution is 5.17. The Morgan fingerprint density at radius 3 is 2.68 bits per heavy atom. The van der Waals surface area contributed by atoms with E-state index in [-0.39, 0.29) is 0 Å². The summed E-state index contributed by atoms with van der Waals surface area (Å²) in [5.74, 6) is 1.13. The molecule has 3 fully saturated rings. The van der Waals surface area contributed by atoms with E-state index >= 15 is 0 Å². The lowest BCUT2D eigenvalue weighted by Gasteiger charge is -2.31. The molecule has 2 atom stereocenters. The van der Waals surface area contributed by atoms with Crippen molar-refractivity contribution in [3.05, 3.63) is 23.7 Å². The highest BCUT2D eigenvalue weighted by Gasteiger charge is 2.34. The smallest absolute Gasteiger partial charge is 0.122 e. The SMILES string of the molecule is c1cc(CNC2CC2)c(CN2CC3CCC(C2)O3)o1. The molecule has 2 aliphatic heterocycles. The molecule has 4 rings (SSSR count). The van der Waals surface area contributed by atoms with E-state index in [0.717, 1.165) is 38.0 Å². The topological polar surface area (TPSA) is 37.6 Å². The Balaban J connectivity index is 1.37. The Morgan fingerprint density at radius 1 is 1.16 bits per heavy atom. The average Bonchev–Trinajstić information content (AvgIpc) is 3.05. The second-order valence-electron chi connectivity index (χ2n) is 6.18. The summed E-state index contributed by atoms with van der Waals surface area (Å²) in [6, 6.07) is 2.86. The van der Waals surface area contributed by atoms with Gasteiger partial charge in [-0.25, -0.2) is 0 Å². The van der Waals surface area contributed by atoms with Crippen LogP contribution in [0, 0.1) is 0 Å². The summed E-state index contributed by atoms with van der Waals surface area (Å²) in [4.78, 5) is 2.49. The molecule has 3 aliphatic rings. The fourth-order valence-corrected chi connectivity index (χ4v) is 3.24. The molecule has 1 aromatic rings. The number of hydrogen-bond donors (Lipinski definition) is 1. The molecule has 1 saturated carbocycles. The number of nitrogens with zero attached hydrogens (tertiary/aromatic N) is 1. The van der Waals surface area contributed by atoms with Gasteiger partial charge >= 0.3 is 0 Å². The number of fused-ring (bicyclic) bond motifs is 2. The maximum Gasteiger partial charge on any atom is 0.122 e. The van der Waals surface area contributed by atoms with Crippen LogP contribution in [-0.4, -0.2) is 36.2 Å². The van der Waals surface area contributed by atoms with Crippen molar-refractivity contribution in [3.8, 4) is 0 Å². The Hall–Kier alpha value is -0.840. The standard InChI is InChI=1S/C15H22N2O2/c1-2-12(1)16-7-11-5-6-18-15(11)10-17-8-13-3-4-14(9-17)19-13/h5-6,12-14,16H,1-4,7-10H2. The maximum atomic E-state index is 5.88. The van der Waals surface area contributed by atoms with Crippen LogP contribution in [0.2, 0.25) is 0 Å². The monoisotopic (exact) mass is 262 g/mol. The van der Waals surface area contributed by atoms with Crippen molar-refractivity contribution in [1.82, 2.24) is 10.2 Å². The molecule has 2 bridgehead atoms. The van der Waals surface area contributed by atoms with E-state index in [0.29, 0.717) is 12.2 Å². The lowest BCUT2D eigenvalue weighted by atomic mass is 10.2. The van der Waals surface area contributed by atoms with Gasteiger partial charge in [-0.1, -0.05) is 0 Å². The first-order valence-corrected chi connectivity index (χ1v) is 7.53. The average molecular weight is 262 g/mol. The van der Waals surface area contributed by atoms with Gasteiger partial charge in [-0.3, -0.25) is 4.90 Å². The highest BCUT2D eigenvalue weighted by Crippen LogP contribution is 2.28. The molecule has 1 aromatic heterocycles. The lowest BCUT2D eigenvalue weighted by Crippen LogP contribution is -2.42. The zero-order valence-electron chi connectivity index (χ0n) is 11.3. The number of morpholine rings is 1. The van der Waals surface area contributed by atoms with Crippen LogP contribution in [0.15, 0.2) is 16.7 Å². The van der Waals surface area contributed by atoms with E-state index in [9.17, 15) is 0 Å². The quantitative estimate of drug-likeness (QED) is 0.879. The minimum atomic E-state index is 0.460. The van der Waals surface area contributed by atoms with Gasteiger partial charge in [0.15, 0.2) is 0 Å². The van der Waals surface area contributed by atoms with Crippen LogP contribution in [0.5, 0.6) is 0 Å². The fourth-order valence-electron chi connectivity index (χ4n) is 3.24. The molecule has 0 spiro atoms. The van der Waals surface area contributed by atoms with Crippen molar-refractivity contribution >= 4 is 0 Å². The van der Waals surface area contributed by atoms with Crippen LogP contribution in [0.4, 0.5) is 0 Å². The maximum absolute atomic E-state index is 5.88. The van der Waals surface area contributed by atoms with Gasteiger partial charge in [0.1, 0.15) is 5.76 Å². The van der Waals surface area contributed by atoms with Crippen LogP contribution in [0.3, 0.4) is 0 Å². The second kappa shape index (κ2) is 4.93. The van der Waals surface area contributed by atoms with Gasteiger partial charge in [0.05, 0.1) is 25.0 Å². The van der Waals surface area contributed by atoms with Crippen molar-refractivity contribution in [2.24, 2.45) is 0 Å². The largest absolute Gasteiger partial charge is 0.468 e. The lowest BCUT2D eigenvalue weighted by molar-refractivity contribution is -0.0428. The molecular weight excluding hydrogens is 240 g/mol. The normalized spacial score (nSPS) is 30.9. The molecule has 1 aliphatic carbocycles. The van der Waals surface area contributed by atoms with Crippen molar-refractivity contribution < 1.29 is 9.15 Å². The van der Waals surface area contributed by atoms with E-state index in [4.69, 9.17) is 9.15 Å². The molecule has 1 N–H and O–H groups in total. The summed E-state index contributed by atoms with van der Waals surface area (Å²) < 4.78 is 11.6. The molecule has 4 heteroatoms. The summed E-state index contributed by atoms with van der Waals surface area (Å²) in [5.41, 5.74) is 1.32. The molecule has 0 aromatic carbocycles. The molecule has 2 unspecified atom stereocenters. The molecule has 2 saturated heterocycles. The molecule has 3 heterocycles. The highest BCUT2D eigenvalue weighted by atomic mass is 16.5. The first-order valence-electron chi connectivity index (χ1n) is 7.53. The third-order valence-corrected chi connectivity index (χ3v) is 4.48. The predicted octanol–water partition coefficient (Wildman–Crippen LogP) is 1.89. The number of hydrogen-bond acceptors (Lipinski definition) is 4. The van der Waals surface area contributed by atoms with Crippen LogP contribution in [0.25, 0.3) is 0 Å². The minimum Gasteiger partial charge on any atom is -0.468 e. The minimum absolute atomic E-state index is 0.460. The van der Waals surface area contributed by atoms with Crippen molar-refractivity contribution in [1.29, 1.82) is 0 Å². The van der Waals surface area contributed by atoms with Gasteiger partial charge in [0.2, 0.25) is 0 Å². The first kappa shape index (κ1) is 11.9. The molecule has 4 nitrogen and oxygen atoms in total. The van der Waals surface area contributed by atoms with Crippen molar-refractivity contribution in [3.63, 3.8) is 0 Å². The van der Waals surface area contributed by atoms with Crippen LogP contribution in [0.1, 0.15) is 37.0 Å². The molecule has 19 heavy (non-hydrogen) atoms. The van der Waals surface area contributed by atoms with E-state index in [2.05, 4.69) is 16.3 Å². The van der Waals surface area contributed by atoms with Gasteiger partial charge in [-0.2, -0.15) is 0 Å². The summed E-state index contributed by atoms with van der Waals surface area (Å²) in [6.45, 7) is 4.01.